The maximum Gasteiger partial charge on any atom is 0.494 e. The van der Waals surface area contributed by atoms with Crippen molar-refractivity contribution < 1.29 is 9.31 Å². The first-order valence-corrected chi connectivity index (χ1v) is 6.66. The van der Waals surface area contributed by atoms with E-state index in [-0.39, 0.29) is 18.3 Å². The van der Waals surface area contributed by atoms with Gasteiger partial charge in [-0.25, -0.2) is 0 Å². The fourth-order valence-electron chi connectivity index (χ4n) is 1.62. The third kappa shape index (κ3) is 2.06. The van der Waals surface area contributed by atoms with Crippen LogP contribution in [0.15, 0.2) is 23.4 Å². The Morgan fingerprint density at radius 3 is 2.27 bits per heavy atom. The van der Waals surface area contributed by atoms with E-state index in [0.29, 0.717) is 0 Å². The predicted molar refractivity (Wildman–Crippen MR) is 66.5 cm³/mol. The summed E-state index contributed by atoms with van der Waals surface area (Å²) in [5.41, 5.74) is 0.713. The van der Waals surface area contributed by atoms with Crippen LogP contribution < -0.4 is 0 Å². The van der Waals surface area contributed by atoms with E-state index < -0.39 is 0 Å². The third-order valence-electron chi connectivity index (χ3n) is 3.37. The topological polar surface area (TPSA) is 18.5 Å². The summed E-state index contributed by atoms with van der Waals surface area (Å²) in [6.07, 6.45) is 5.47. The lowest BCUT2D eigenvalue weighted by atomic mass is 9.78. The van der Waals surface area contributed by atoms with Gasteiger partial charge in [0.25, 0.3) is 0 Å². The van der Waals surface area contributed by atoms with Crippen molar-refractivity contribution in [3.63, 3.8) is 0 Å². The van der Waals surface area contributed by atoms with Crippen LogP contribution in [0.5, 0.6) is 0 Å². The summed E-state index contributed by atoms with van der Waals surface area (Å²) in [4.78, 5) is 0. The second-order valence-corrected chi connectivity index (χ2v) is 6.18. The molecule has 2 rings (SSSR count). The lowest BCUT2D eigenvalue weighted by molar-refractivity contribution is 0.00578. The fraction of sp³-hybridized carbons (Fsp3) is 0.636. The highest BCUT2D eigenvalue weighted by molar-refractivity contribution is 7.42. The van der Waals surface area contributed by atoms with E-state index in [1.54, 1.807) is 0 Å². The average Bonchev–Trinajstić information content (AvgIpc) is 2.38. The highest BCUT2D eigenvalue weighted by Crippen LogP contribution is 2.39. The first-order valence-electron chi connectivity index (χ1n) is 5.38. The highest BCUT2D eigenvalue weighted by Gasteiger charge is 2.51. The van der Waals surface area contributed by atoms with Gasteiger partial charge >= 0.3 is 7.12 Å². The van der Waals surface area contributed by atoms with Crippen LogP contribution in [0.1, 0.15) is 27.7 Å². The molecule has 1 saturated heterocycles. The zero-order chi connectivity index (χ0) is 11.1. The Balaban J connectivity index is 2.16. The van der Waals surface area contributed by atoms with Gasteiger partial charge in [-0.15, -0.1) is 0 Å². The molecule has 0 amide bonds. The molecule has 4 heteroatoms. The molecular formula is C11H18BO2P. The van der Waals surface area contributed by atoms with Crippen LogP contribution in [0.25, 0.3) is 0 Å². The van der Waals surface area contributed by atoms with Gasteiger partial charge in [0.15, 0.2) is 0 Å². The van der Waals surface area contributed by atoms with E-state index >= 15 is 0 Å². The minimum atomic E-state index is -0.230. The maximum atomic E-state index is 5.96. The Labute approximate surface area is 94.0 Å². The standard InChI is InChI=1S/C11H18BO2P/c1-10(2)11(3,4)14-12(13-10)9-5-7-15-8-6-9/h5-7,15H,8H2,1-4H3. The normalized spacial score (nSPS) is 29.6. The summed E-state index contributed by atoms with van der Waals surface area (Å²) in [5.74, 6) is 2.21. The molecule has 0 radical (unpaired) electrons. The van der Waals surface area contributed by atoms with Crippen LogP contribution >= 0.6 is 8.58 Å². The van der Waals surface area contributed by atoms with Crippen molar-refractivity contribution in [3.05, 3.63) is 23.4 Å². The Morgan fingerprint density at radius 1 is 1.20 bits per heavy atom. The Morgan fingerprint density at radius 2 is 1.80 bits per heavy atom. The molecule has 15 heavy (non-hydrogen) atoms. The smallest absolute Gasteiger partial charge is 0.399 e. The van der Waals surface area contributed by atoms with Crippen molar-refractivity contribution in [1.29, 1.82) is 0 Å². The third-order valence-corrected chi connectivity index (χ3v) is 4.22. The minimum absolute atomic E-state index is 0.184. The van der Waals surface area contributed by atoms with Crippen LogP contribution in [-0.2, 0) is 9.31 Å². The summed E-state index contributed by atoms with van der Waals surface area (Å²) in [5, 5.41) is 0. The summed E-state index contributed by atoms with van der Waals surface area (Å²) >= 11 is 0. The Bertz CT molecular complexity index is 305. The zero-order valence-corrected chi connectivity index (χ0v) is 10.8. The van der Waals surface area contributed by atoms with Crippen molar-refractivity contribution >= 4 is 15.7 Å². The van der Waals surface area contributed by atoms with Crippen molar-refractivity contribution in [3.8, 4) is 0 Å². The molecular weight excluding hydrogens is 206 g/mol. The molecule has 2 nitrogen and oxygen atoms in total. The molecule has 0 bridgehead atoms. The molecule has 1 unspecified atom stereocenters. The van der Waals surface area contributed by atoms with Crippen molar-refractivity contribution in [1.82, 2.24) is 0 Å². The van der Waals surface area contributed by atoms with Gasteiger partial charge in [0.05, 0.1) is 11.2 Å². The maximum absolute atomic E-state index is 5.96. The van der Waals surface area contributed by atoms with Crippen molar-refractivity contribution in [2.24, 2.45) is 0 Å². The predicted octanol–water partition coefficient (Wildman–Crippen LogP) is 2.75. The number of hydrogen-bond acceptors (Lipinski definition) is 2. The lowest BCUT2D eigenvalue weighted by Crippen LogP contribution is -2.41. The largest absolute Gasteiger partial charge is 0.494 e. The first kappa shape index (κ1) is 11.4. The molecule has 0 saturated carbocycles. The van der Waals surface area contributed by atoms with E-state index in [4.69, 9.17) is 9.31 Å². The summed E-state index contributed by atoms with van der Waals surface area (Å²) in [7, 11) is 0.724. The average molecular weight is 224 g/mol. The summed E-state index contributed by atoms with van der Waals surface area (Å²) in [6, 6.07) is 0. The summed E-state index contributed by atoms with van der Waals surface area (Å²) in [6.45, 7) is 8.34. The van der Waals surface area contributed by atoms with Gasteiger partial charge in [0, 0.05) is 0 Å². The van der Waals surface area contributed by atoms with Crippen LogP contribution in [-0.4, -0.2) is 24.5 Å². The first-order chi connectivity index (χ1) is 6.92. The molecule has 1 fully saturated rings. The number of rotatable bonds is 1. The molecule has 0 aromatic carbocycles. The van der Waals surface area contributed by atoms with Crippen molar-refractivity contribution in [2.75, 3.05) is 6.16 Å². The monoisotopic (exact) mass is 224 g/mol. The molecule has 2 heterocycles. The van der Waals surface area contributed by atoms with Crippen LogP contribution in [0.4, 0.5) is 0 Å². The van der Waals surface area contributed by atoms with Gasteiger partial charge in [-0.3, -0.25) is 0 Å². The van der Waals surface area contributed by atoms with Gasteiger partial charge in [0.2, 0.25) is 0 Å². The second-order valence-electron chi connectivity index (χ2n) is 5.03. The quantitative estimate of drug-likeness (QED) is 0.503. The Hall–Kier alpha value is -0.105. The van der Waals surface area contributed by atoms with Gasteiger partial charge in [-0.1, -0.05) is 26.5 Å². The molecule has 0 aromatic rings. The Kier molecular flexibility index (Phi) is 2.83. The summed E-state index contributed by atoms with van der Waals surface area (Å²) < 4.78 is 11.9. The second kappa shape index (κ2) is 3.73. The minimum Gasteiger partial charge on any atom is -0.399 e. The lowest BCUT2D eigenvalue weighted by Gasteiger charge is -2.32. The highest BCUT2D eigenvalue weighted by atomic mass is 31.1. The van der Waals surface area contributed by atoms with E-state index in [1.165, 1.54) is 5.47 Å². The van der Waals surface area contributed by atoms with E-state index in [9.17, 15) is 0 Å². The molecule has 2 aliphatic rings. The number of allylic oxidation sites excluding steroid dienone is 3. The zero-order valence-electron chi connectivity index (χ0n) is 9.83. The van der Waals surface area contributed by atoms with E-state index in [1.807, 2.05) is 0 Å². The van der Waals surface area contributed by atoms with Crippen LogP contribution in [0, 0.1) is 0 Å². The van der Waals surface area contributed by atoms with Gasteiger partial charge in [-0.2, -0.15) is 0 Å². The van der Waals surface area contributed by atoms with Crippen LogP contribution in [0.3, 0.4) is 0 Å². The molecule has 1 atom stereocenters. The van der Waals surface area contributed by atoms with Gasteiger partial charge < -0.3 is 9.31 Å². The van der Waals surface area contributed by atoms with Gasteiger partial charge in [-0.05, 0) is 39.3 Å². The molecule has 0 spiro atoms. The molecule has 0 N–H and O–H groups in total. The number of hydrogen-bond donors (Lipinski definition) is 0. The van der Waals surface area contributed by atoms with E-state index in [0.717, 1.165) is 14.7 Å². The SMILES string of the molecule is CC1(C)OB(C2=CCPC=C2)OC1(C)C. The van der Waals surface area contributed by atoms with Crippen LogP contribution in [0.2, 0.25) is 0 Å². The molecule has 0 aromatic heterocycles. The fourth-order valence-corrected chi connectivity index (χ4v) is 2.42. The van der Waals surface area contributed by atoms with E-state index in [2.05, 4.69) is 45.7 Å². The molecule has 82 valence electrons. The molecule has 2 aliphatic heterocycles. The molecule has 0 aliphatic carbocycles. The van der Waals surface area contributed by atoms with Crippen molar-refractivity contribution in [2.45, 2.75) is 38.9 Å². The van der Waals surface area contributed by atoms with Gasteiger partial charge in [0.1, 0.15) is 0 Å².